The van der Waals surface area contributed by atoms with E-state index in [1.54, 1.807) is 6.07 Å². The third-order valence-corrected chi connectivity index (χ3v) is 2.70. The molecule has 2 rings (SSSR count). The summed E-state index contributed by atoms with van der Waals surface area (Å²) in [6, 6.07) is 4.70. The second-order valence-electron chi connectivity index (χ2n) is 4.01. The molecule has 1 aromatic carbocycles. The molecule has 1 aromatic heterocycles. The molecule has 5 heteroatoms. The van der Waals surface area contributed by atoms with Gasteiger partial charge in [0, 0.05) is 18.9 Å². The van der Waals surface area contributed by atoms with Crippen LogP contribution in [0.1, 0.15) is 11.1 Å². The Morgan fingerprint density at radius 2 is 2.28 bits per heavy atom. The summed E-state index contributed by atoms with van der Waals surface area (Å²) < 4.78 is 12.9. The summed E-state index contributed by atoms with van der Waals surface area (Å²) in [4.78, 5) is 17.8. The molecule has 0 saturated carbocycles. The Morgan fingerprint density at radius 3 is 3.00 bits per heavy atom. The first-order valence-electron chi connectivity index (χ1n) is 5.69. The molecule has 94 valence electrons. The number of aromatic amines is 1. The van der Waals surface area contributed by atoms with Crippen LogP contribution >= 0.6 is 0 Å². The van der Waals surface area contributed by atoms with Crippen LogP contribution < -0.4 is 10.9 Å². The lowest BCUT2D eigenvalue weighted by atomic mass is 10.1. The first-order valence-corrected chi connectivity index (χ1v) is 5.69. The average molecular weight is 247 g/mol. The van der Waals surface area contributed by atoms with Crippen molar-refractivity contribution in [3.63, 3.8) is 0 Å². The minimum atomic E-state index is -0.242. The van der Waals surface area contributed by atoms with Crippen molar-refractivity contribution in [3.05, 3.63) is 57.9 Å². The van der Waals surface area contributed by atoms with Gasteiger partial charge in [0.15, 0.2) is 5.82 Å². The van der Waals surface area contributed by atoms with Crippen LogP contribution in [0.2, 0.25) is 0 Å². The summed E-state index contributed by atoms with van der Waals surface area (Å²) in [5.41, 5.74) is 1.72. The van der Waals surface area contributed by atoms with Gasteiger partial charge in [0.05, 0.1) is 0 Å². The number of nitrogens with zero attached hydrogens (tertiary/aromatic N) is 1. The highest BCUT2D eigenvalue weighted by molar-refractivity contribution is 5.32. The second-order valence-corrected chi connectivity index (χ2v) is 4.01. The second kappa shape index (κ2) is 5.44. The maximum absolute atomic E-state index is 12.9. The molecule has 0 spiro atoms. The molecule has 1 heterocycles. The summed E-state index contributed by atoms with van der Waals surface area (Å²) in [6.45, 7) is 2.44. The molecule has 0 fully saturated rings. The summed E-state index contributed by atoms with van der Waals surface area (Å²) in [6.07, 6.45) is 3.71. The van der Waals surface area contributed by atoms with Crippen molar-refractivity contribution < 1.29 is 4.39 Å². The van der Waals surface area contributed by atoms with Crippen LogP contribution in [0.5, 0.6) is 0 Å². The van der Waals surface area contributed by atoms with Gasteiger partial charge in [0.1, 0.15) is 5.82 Å². The summed E-state index contributed by atoms with van der Waals surface area (Å²) >= 11 is 0. The Balaban J connectivity index is 1.97. The van der Waals surface area contributed by atoms with Crippen LogP contribution in [0.3, 0.4) is 0 Å². The van der Waals surface area contributed by atoms with E-state index in [2.05, 4.69) is 15.3 Å². The van der Waals surface area contributed by atoms with Gasteiger partial charge in [-0.1, -0.05) is 6.07 Å². The van der Waals surface area contributed by atoms with E-state index in [1.165, 1.54) is 24.5 Å². The van der Waals surface area contributed by atoms with Gasteiger partial charge < -0.3 is 10.3 Å². The van der Waals surface area contributed by atoms with E-state index in [9.17, 15) is 9.18 Å². The van der Waals surface area contributed by atoms with E-state index in [4.69, 9.17) is 0 Å². The molecular formula is C13H14FN3O. The van der Waals surface area contributed by atoms with E-state index in [-0.39, 0.29) is 11.4 Å². The standard InChI is InChI=1S/C13H14FN3O/c1-9-8-11(14)3-2-10(9)4-5-15-12-13(18)17-7-6-16-12/h2-3,6-8H,4-5H2,1H3,(H,15,16)(H,17,18). The number of hydrogen-bond acceptors (Lipinski definition) is 3. The molecule has 0 radical (unpaired) electrons. The SMILES string of the molecule is Cc1cc(F)ccc1CCNc1ncc[nH]c1=O. The molecular weight excluding hydrogens is 233 g/mol. The van der Waals surface area contributed by atoms with Crippen molar-refractivity contribution in [1.29, 1.82) is 0 Å². The zero-order valence-corrected chi connectivity index (χ0v) is 10.0. The van der Waals surface area contributed by atoms with Gasteiger partial charge in [-0.15, -0.1) is 0 Å². The van der Waals surface area contributed by atoms with E-state index in [0.29, 0.717) is 18.8 Å². The third kappa shape index (κ3) is 2.94. The Labute approximate surface area is 104 Å². The van der Waals surface area contributed by atoms with Crippen molar-refractivity contribution in [2.45, 2.75) is 13.3 Å². The minimum Gasteiger partial charge on any atom is -0.365 e. The predicted octanol–water partition coefficient (Wildman–Crippen LogP) is 1.87. The van der Waals surface area contributed by atoms with Gasteiger partial charge in [-0.25, -0.2) is 9.37 Å². The number of aryl methyl sites for hydroxylation is 1. The molecule has 0 unspecified atom stereocenters. The molecule has 0 aliphatic rings. The molecule has 0 aliphatic heterocycles. The lowest BCUT2D eigenvalue weighted by Crippen LogP contribution is -2.17. The highest BCUT2D eigenvalue weighted by atomic mass is 19.1. The van der Waals surface area contributed by atoms with Gasteiger partial charge in [-0.2, -0.15) is 0 Å². The Kier molecular flexibility index (Phi) is 3.72. The van der Waals surface area contributed by atoms with E-state index < -0.39 is 0 Å². The Bertz CT molecular complexity index is 595. The van der Waals surface area contributed by atoms with Gasteiger partial charge in [0.25, 0.3) is 5.56 Å². The van der Waals surface area contributed by atoms with Gasteiger partial charge >= 0.3 is 0 Å². The minimum absolute atomic E-state index is 0.231. The molecule has 18 heavy (non-hydrogen) atoms. The number of rotatable bonds is 4. The van der Waals surface area contributed by atoms with Crippen LogP contribution in [-0.2, 0) is 6.42 Å². The monoisotopic (exact) mass is 247 g/mol. The largest absolute Gasteiger partial charge is 0.365 e. The van der Waals surface area contributed by atoms with Gasteiger partial charge in [0.2, 0.25) is 0 Å². The van der Waals surface area contributed by atoms with Crippen molar-refractivity contribution in [2.75, 3.05) is 11.9 Å². The number of aromatic nitrogens is 2. The van der Waals surface area contributed by atoms with Gasteiger partial charge in [-0.3, -0.25) is 4.79 Å². The maximum Gasteiger partial charge on any atom is 0.290 e. The fourth-order valence-electron chi connectivity index (χ4n) is 1.73. The molecule has 2 aromatic rings. The molecule has 4 nitrogen and oxygen atoms in total. The molecule has 0 atom stereocenters. The van der Waals surface area contributed by atoms with Crippen molar-refractivity contribution in [1.82, 2.24) is 9.97 Å². The molecule has 0 aliphatic carbocycles. The van der Waals surface area contributed by atoms with Crippen molar-refractivity contribution >= 4 is 5.82 Å². The van der Waals surface area contributed by atoms with Crippen molar-refractivity contribution in [2.24, 2.45) is 0 Å². The van der Waals surface area contributed by atoms with Crippen LogP contribution in [-0.4, -0.2) is 16.5 Å². The van der Waals surface area contributed by atoms with E-state index in [1.807, 2.05) is 6.92 Å². The maximum atomic E-state index is 12.9. The zero-order valence-electron chi connectivity index (χ0n) is 10.0. The number of halogens is 1. The number of hydrogen-bond donors (Lipinski definition) is 2. The smallest absolute Gasteiger partial charge is 0.290 e. The molecule has 0 bridgehead atoms. The Morgan fingerprint density at radius 1 is 1.44 bits per heavy atom. The highest BCUT2D eigenvalue weighted by Crippen LogP contribution is 2.10. The topological polar surface area (TPSA) is 57.8 Å². The third-order valence-electron chi connectivity index (χ3n) is 2.70. The summed E-state index contributed by atoms with van der Waals surface area (Å²) in [5, 5.41) is 2.95. The van der Waals surface area contributed by atoms with Crippen LogP contribution in [0.25, 0.3) is 0 Å². The quantitative estimate of drug-likeness (QED) is 0.867. The zero-order chi connectivity index (χ0) is 13.0. The van der Waals surface area contributed by atoms with E-state index >= 15 is 0 Å². The first-order chi connectivity index (χ1) is 8.66. The lowest BCUT2D eigenvalue weighted by Gasteiger charge is -2.07. The first kappa shape index (κ1) is 12.3. The molecule has 0 saturated heterocycles. The van der Waals surface area contributed by atoms with Crippen molar-refractivity contribution in [3.8, 4) is 0 Å². The van der Waals surface area contributed by atoms with Crippen LogP contribution in [0, 0.1) is 12.7 Å². The van der Waals surface area contributed by atoms with Gasteiger partial charge in [-0.05, 0) is 36.6 Å². The normalized spacial score (nSPS) is 10.3. The van der Waals surface area contributed by atoms with Crippen LogP contribution in [0.15, 0.2) is 35.4 Å². The molecule has 0 amide bonds. The Hall–Kier alpha value is -2.17. The average Bonchev–Trinajstić information content (AvgIpc) is 2.34. The fourth-order valence-corrected chi connectivity index (χ4v) is 1.73. The summed E-state index contributed by atoms with van der Waals surface area (Å²) in [5.74, 6) is 0.0719. The fraction of sp³-hybridized carbons (Fsp3) is 0.231. The predicted molar refractivity (Wildman–Crippen MR) is 68.2 cm³/mol. The number of nitrogens with one attached hydrogen (secondary N) is 2. The summed E-state index contributed by atoms with van der Waals surface area (Å²) in [7, 11) is 0. The molecule has 2 N–H and O–H groups in total. The lowest BCUT2D eigenvalue weighted by molar-refractivity contribution is 0.625. The number of H-pyrrole nitrogens is 1. The number of benzene rings is 1. The number of anilines is 1. The highest BCUT2D eigenvalue weighted by Gasteiger charge is 2.02. The van der Waals surface area contributed by atoms with Crippen LogP contribution in [0.4, 0.5) is 10.2 Å². The van der Waals surface area contributed by atoms with E-state index in [0.717, 1.165) is 11.1 Å².